The molecule has 1 saturated heterocycles. The number of ether oxygens (including phenoxy) is 1. The van der Waals surface area contributed by atoms with E-state index in [1.54, 1.807) is 13.3 Å². The fourth-order valence-corrected chi connectivity index (χ4v) is 3.82. The molecule has 0 bridgehead atoms. The number of hydrogen-bond donors (Lipinski definition) is 2. The molecule has 0 saturated carbocycles. The fourth-order valence-electron chi connectivity index (χ4n) is 3.29. The van der Waals surface area contributed by atoms with Crippen LogP contribution in [0.15, 0.2) is 29.0 Å². The van der Waals surface area contributed by atoms with Crippen LogP contribution in [0.4, 0.5) is 11.8 Å². The average molecular weight is 403 g/mol. The van der Waals surface area contributed by atoms with E-state index in [-0.39, 0.29) is 0 Å². The maximum absolute atomic E-state index is 6.19. The Bertz CT molecular complexity index is 890. The first kappa shape index (κ1) is 16.1. The first-order valence-corrected chi connectivity index (χ1v) is 9.00. The fraction of sp³-hybridized carbons (Fsp3) is 0.353. The van der Waals surface area contributed by atoms with Crippen molar-refractivity contribution in [3.63, 3.8) is 0 Å². The molecule has 3 aromatic rings. The van der Waals surface area contributed by atoms with Crippen molar-refractivity contribution in [2.24, 2.45) is 0 Å². The van der Waals surface area contributed by atoms with Gasteiger partial charge >= 0.3 is 0 Å². The molecular weight excluding hydrogens is 384 g/mol. The number of nitrogens with two attached hydrogens (primary N) is 1. The van der Waals surface area contributed by atoms with Gasteiger partial charge in [0.25, 0.3) is 0 Å². The minimum Gasteiger partial charge on any atom is -0.497 e. The van der Waals surface area contributed by atoms with Crippen molar-refractivity contribution in [3.8, 4) is 5.75 Å². The van der Waals surface area contributed by atoms with E-state index in [2.05, 4.69) is 35.8 Å². The summed E-state index contributed by atoms with van der Waals surface area (Å²) in [5.41, 5.74) is 6.99. The maximum atomic E-state index is 6.19. The number of aromatic amines is 1. The normalized spacial score (nSPS) is 15.7. The number of nitrogens with zero attached hydrogens (tertiary/aromatic N) is 4. The number of imidazole rings is 1. The molecule has 25 heavy (non-hydrogen) atoms. The summed E-state index contributed by atoms with van der Waals surface area (Å²) in [5.74, 6) is 3.39. The quantitative estimate of drug-likeness (QED) is 0.698. The molecule has 0 spiro atoms. The average Bonchev–Trinajstić information content (AvgIpc) is 3.17. The van der Waals surface area contributed by atoms with Gasteiger partial charge in [0.05, 0.1) is 12.6 Å². The van der Waals surface area contributed by atoms with Crippen molar-refractivity contribution in [1.82, 2.24) is 19.9 Å². The zero-order valence-corrected chi connectivity index (χ0v) is 15.5. The Kier molecular flexibility index (Phi) is 4.20. The van der Waals surface area contributed by atoms with Gasteiger partial charge in [-0.2, -0.15) is 4.98 Å². The van der Waals surface area contributed by atoms with E-state index < -0.39 is 0 Å². The highest BCUT2D eigenvalue weighted by Crippen LogP contribution is 2.33. The van der Waals surface area contributed by atoms with E-state index in [9.17, 15) is 0 Å². The highest BCUT2D eigenvalue weighted by molar-refractivity contribution is 9.10. The first-order chi connectivity index (χ1) is 12.2. The van der Waals surface area contributed by atoms with Gasteiger partial charge in [-0.15, -0.1) is 0 Å². The molecule has 1 fully saturated rings. The van der Waals surface area contributed by atoms with E-state index in [4.69, 9.17) is 15.5 Å². The number of piperidine rings is 1. The van der Waals surface area contributed by atoms with E-state index in [1.807, 2.05) is 18.3 Å². The van der Waals surface area contributed by atoms with Crippen LogP contribution in [-0.4, -0.2) is 40.1 Å². The lowest BCUT2D eigenvalue weighted by atomic mass is 9.96. The third kappa shape index (κ3) is 3.02. The molecule has 1 aliphatic heterocycles. The highest BCUT2D eigenvalue weighted by Gasteiger charge is 2.24. The van der Waals surface area contributed by atoms with Crippen molar-refractivity contribution in [3.05, 3.63) is 34.8 Å². The number of fused-ring (bicyclic) bond motifs is 1. The number of H-pyrrole nitrogens is 1. The molecule has 0 amide bonds. The summed E-state index contributed by atoms with van der Waals surface area (Å²) >= 11 is 3.56. The van der Waals surface area contributed by atoms with Gasteiger partial charge in [-0.25, -0.2) is 9.97 Å². The number of anilines is 2. The second kappa shape index (κ2) is 6.51. The smallest absolute Gasteiger partial charge is 0.227 e. The van der Waals surface area contributed by atoms with Crippen LogP contribution in [0.3, 0.4) is 0 Å². The minimum atomic E-state index is 0.458. The molecule has 1 aromatic carbocycles. The van der Waals surface area contributed by atoms with E-state index in [0.29, 0.717) is 17.7 Å². The Balaban J connectivity index is 1.61. The Morgan fingerprint density at radius 2 is 2.08 bits per heavy atom. The van der Waals surface area contributed by atoms with Crippen LogP contribution in [0.2, 0.25) is 0 Å². The molecule has 3 N–H and O–H groups in total. The largest absolute Gasteiger partial charge is 0.497 e. The van der Waals surface area contributed by atoms with Crippen molar-refractivity contribution in [1.29, 1.82) is 0 Å². The Labute approximate surface area is 153 Å². The summed E-state index contributed by atoms with van der Waals surface area (Å²) in [5, 5.41) is 0.792. The summed E-state index contributed by atoms with van der Waals surface area (Å²) in [6, 6.07) is 3.75. The number of nitrogens with one attached hydrogen (secondary N) is 1. The summed E-state index contributed by atoms with van der Waals surface area (Å²) in [6.07, 6.45) is 5.71. The number of hydrogen-bond acceptors (Lipinski definition) is 6. The topological polar surface area (TPSA) is 93.0 Å². The van der Waals surface area contributed by atoms with Crippen LogP contribution >= 0.6 is 15.9 Å². The second-order valence-electron chi connectivity index (χ2n) is 6.15. The molecule has 0 unspecified atom stereocenters. The van der Waals surface area contributed by atoms with Crippen molar-refractivity contribution < 1.29 is 4.74 Å². The molecule has 3 heterocycles. The highest BCUT2D eigenvalue weighted by atomic mass is 79.9. The molecule has 0 aliphatic carbocycles. The molecule has 4 rings (SSSR count). The zero-order valence-electron chi connectivity index (χ0n) is 13.9. The molecule has 1 aliphatic rings. The van der Waals surface area contributed by atoms with Gasteiger partial charge in [0.2, 0.25) is 5.95 Å². The molecule has 7 nitrogen and oxygen atoms in total. The van der Waals surface area contributed by atoms with Crippen molar-refractivity contribution in [2.75, 3.05) is 30.8 Å². The third-order valence-corrected chi connectivity index (χ3v) is 5.27. The van der Waals surface area contributed by atoms with Gasteiger partial charge in [0.15, 0.2) is 0 Å². The molecule has 0 atom stereocenters. The van der Waals surface area contributed by atoms with Crippen LogP contribution in [-0.2, 0) is 0 Å². The van der Waals surface area contributed by atoms with Crippen molar-refractivity contribution in [2.45, 2.75) is 18.8 Å². The summed E-state index contributed by atoms with van der Waals surface area (Å²) in [6.45, 7) is 1.76. The Hall–Kier alpha value is -2.35. The minimum absolute atomic E-state index is 0.458. The van der Waals surface area contributed by atoms with Crippen LogP contribution in [0.1, 0.15) is 24.6 Å². The van der Waals surface area contributed by atoms with E-state index >= 15 is 0 Å². The number of methoxy groups -OCH3 is 1. The molecule has 2 aromatic heterocycles. The van der Waals surface area contributed by atoms with E-state index in [1.165, 1.54) is 0 Å². The van der Waals surface area contributed by atoms with Gasteiger partial charge in [-0.05, 0) is 40.9 Å². The lowest BCUT2D eigenvalue weighted by Crippen LogP contribution is -2.34. The lowest BCUT2D eigenvalue weighted by Gasteiger charge is -2.31. The van der Waals surface area contributed by atoms with E-state index in [0.717, 1.165) is 52.9 Å². The monoisotopic (exact) mass is 402 g/mol. The SMILES string of the molecule is COc1cc(Br)c2nc(N3CCC(c4ncc[nH]4)CC3)nc(N)c2c1. The zero-order chi connectivity index (χ0) is 17.4. The predicted molar refractivity (Wildman–Crippen MR) is 101 cm³/mol. The Morgan fingerprint density at radius 1 is 1.28 bits per heavy atom. The molecular formula is C17H19BrN6O. The summed E-state index contributed by atoms with van der Waals surface area (Å²) < 4.78 is 6.14. The van der Waals surface area contributed by atoms with Gasteiger partial charge in [-0.3, -0.25) is 0 Å². The summed E-state index contributed by atoms with van der Waals surface area (Å²) in [4.78, 5) is 19.0. The maximum Gasteiger partial charge on any atom is 0.227 e. The third-order valence-electron chi connectivity index (χ3n) is 4.66. The molecule has 130 valence electrons. The number of halogens is 1. The van der Waals surface area contributed by atoms with Gasteiger partial charge in [0, 0.05) is 41.3 Å². The lowest BCUT2D eigenvalue weighted by molar-refractivity contribution is 0.415. The van der Waals surface area contributed by atoms with Crippen LogP contribution < -0.4 is 15.4 Å². The standard InChI is InChI=1S/C17H19BrN6O/c1-25-11-8-12-14(13(18)9-11)22-17(23-15(12)19)24-6-2-10(3-7-24)16-20-4-5-21-16/h4-5,8-10H,2-3,6-7H2,1H3,(H,20,21)(H2,19,22,23). The molecule has 0 radical (unpaired) electrons. The van der Waals surface area contributed by atoms with Gasteiger partial charge < -0.3 is 20.4 Å². The summed E-state index contributed by atoms with van der Waals surface area (Å²) in [7, 11) is 1.63. The number of rotatable bonds is 3. The Morgan fingerprint density at radius 3 is 2.76 bits per heavy atom. The van der Waals surface area contributed by atoms with Crippen LogP contribution in [0.5, 0.6) is 5.75 Å². The van der Waals surface area contributed by atoms with Crippen LogP contribution in [0.25, 0.3) is 10.9 Å². The number of benzene rings is 1. The van der Waals surface area contributed by atoms with Crippen molar-refractivity contribution >= 4 is 38.6 Å². The second-order valence-corrected chi connectivity index (χ2v) is 7.00. The number of aromatic nitrogens is 4. The van der Waals surface area contributed by atoms with Crippen LogP contribution in [0, 0.1) is 0 Å². The first-order valence-electron chi connectivity index (χ1n) is 8.20. The van der Waals surface area contributed by atoms with Gasteiger partial charge in [0.1, 0.15) is 17.4 Å². The van der Waals surface area contributed by atoms with Gasteiger partial charge in [-0.1, -0.05) is 0 Å². The predicted octanol–water partition coefficient (Wildman–Crippen LogP) is 3.09. The number of nitrogen functional groups attached to an aromatic ring is 1. The molecule has 8 heteroatoms.